The number of amides is 1. The van der Waals surface area contributed by atoms with E-state index >= 15 is 0 Å². The first-order chi connectivity index (χ1) is 21.5. The number of Topliss-reactive ketones (excluding diaryl/α,β-unsaturated/α-hetero) is 1. The number of rotatable bonds is 3. The van der Waals surface area contributed by atoms with Crippen LogP contribution in [0, 0.1) is 18.8 Å². The lowest BCUT2D eigenvalue weighted by molar-refractivity contribution is 0.00258. The van der Waals surface area contributed by atoms with E-state index < -0.39 is 0 Å². The van der Waals surface area contributed by atoms with Gasteiger partial charge < -0.3 is 18.9 Å². The van der Waals surface area contributed by atoms with Crippen LogP contribution in [-0.2, 0) is 26.4 Å². The Morgan fingerprint density at radius 1 is 0.932 bits per heavy atom. The number of aryl methyl sites for hydroxylation is 3. The van der Waals surface area contributed by atoms with E-state index in [0.29, 0.717) is 17.9 Å². The molecule has 3 saturated heterocycles. The highest BCUT2D eigenvalue weighted by Crippen LogP contribution is 2.42. The van der Waals surface area contributed by atoms with E-state index in [1.54, 1.807) is 6.20 Å². The van der Waals surface area contributed by atoms with Gasteiger partial charge in [-0.3, -0.25) is 9.59 Å². The number of hydrogen-bond acceptors (Lipinski definition) is 4. The molecule has 1 unspecified atom stereocenters. The number of hydrogen-bond donors (Lipinski definition) is 0. The molecule has 7 nitrogen and oxygen atoms in total. The molecule has 0 N–H and O–H groups in total. The quantitative estimate of drug-likeness (QED) is 0.304. The first kappa shape index (κ1) is 27.8. The maximum Gasteiger partial charge on any atom is 0.254 e. The van der Waals surface area contributed by atoms with Gasteiger partial charge in [-0.25, -0.2) is 4.98 Å². The molecular formula is C37H43N5O2. The molecule has 7 heteroatoms. The summed E-state index contributed by atoms with van der Waals surface area (Å²) < 4.78 is 4.26. The van der Waals surface area contributed by atoms with Crippen molar-refractivity contribution in [3.63, 3.8) is 0 Å². The third-order valence-corrected chi connectivity index (χ3v) is 11.4. The molecular weight excluding hydrogens is 546 g/mol. The Morgan fingerprint density at radius 3 is 2.55 bits per heavy atom. The van der Waals surface area contributed by atoms with E-state index in [2.05, 4.69) is 61.3 Å². The molecule has 2 aromatic heterocycles. The van der Waals surface area contributed by atoms with Crippen LogP contribution in [-0.4, -0.2) is 67.8 Å². The number of carbonyl (C=O) groups excluding carboxylic acids is 2. The van der Waals surface area contributed by atoms with Crippen LogP contribution in [0.4, 0.5) is 0 Å². The molecule has 1 amide bonds. The molecule has 4 aromatic rings. The minimum Gasteiger partial charge on any atom is -0.347 e. The molecule has 0 radical (unpaired) electrons. The van der Waals surface area contributed by atoms with Crippen molar-refractivity contribution in [2.45, 2.75) is 70.4 Å². The van der Waals surface area contributed by atoms with Gasteiger partial charge in [-0.15, -0.1) is 0 Å². The van der Waals surface area contributed by atoms with Gasteiger partial charge in [0.2, 0.25) is 0 Å². The fourth-order valence-electron chi connectivity index (χ4n) is 9.08. The zero-order chi connectivity index (χ0) is 29.9. The summed E-state index contributed by atoms with van der Waals surface area (Å²) in [4.78, 5) is 35.2. The van der Waals surface area contributed by atoms with Crippen molar-refractivity contribution in [2.24, 2.45) is 18.9 Å². The molecule has 10 rings (SSSR count). The molecule has 2 aromatic carbocycles. The monoisotopic (exact) mass is 589 g/mol. The van der Waals surface area contributed by atoms with E-state index in [9.17, 15) is 9.59 Å². The topological polar surface area (TPSA) is 63.4 Å². The third-order valence-electron chi connectivity index (χ3n) is 11.4. The average molecular weight is 590 g/mol. The smallest absolute Gasteiger partial charge is 0.254 e. The summed E-state index contributed by atoms with van der Waals surface area (Å²) in [6, 6.07) is 15.1. The van der Waals surface area contributed by atoms with Gasteiger partial charge in [-0.1, -0.05) is 30.3 Å². The van der Waals surface area contributed by atoms with E-state index in [1.807, 2.05) is 25.3 Å². The summed E-state index contributed by atoms with van der Waals surface area (Å²) >= 11 is 0. The van der Waals surface area contributed by atoms with Crippen LogP contribution < -0.4 is 0 Å². The van der Waals surface area contributed by atoms with Crippen LogP contribution in [0.3, 0.4) is 0 Å². The van der Waals surface area contributed by atoms with Crippen LogP contribution in [0.5, 0.6) is 0 Å². The molecule has 2 bridgehead atoms. The molecule has 3 atom stereocenters. The van der Waals surface area contributed by atoms with E-state index in [4.69, 9.17) is 0 Å². The second-order valence-electron chi connectivity index (χ2n) is 13.8. The van der Waals surface area contributed by atoms with Gasteiger partial charge in [0.15, 0.2) is 5.78 Å². The maximum absolute atomic E-state index is 13.1. The van der Waals surface area contributed by atoms with Crippen molar-refractivity contribution in [3.05, 3.63) is 88.6 Å². The zero-order valence-corrected chi connectivity index (χ0v) is 26.0. The number of imidazole rings is 1. The number of carbonyl (C=O) groups is 2. The zero-order valence-electron chi connectivity index (χ0n) is 26.0. The van der Waals surface area contributed by atoms with Crippen LogP contribution in [0.2, 0.25) is 0 Å². The van der Waals surface area contributed by atoms with Gasteiger partial charge in [0.1, 0.15) is 5.82 Å². The molecule has 44 heavy (non-hydrogen) atoms. The van der Waals surface area contributed by atoms with Crippen molar-refractivity contribution < 1.29 is 9.59 Å². The van der Waals surface area contributed by atoms with Crippen molar-refractivity contribution in [3.8, 4) is 0 Å². The predicted octanol–water partition coefficient (Wildman–Crippen LogP) is 5.79. The van der Waals surface area contributed by atoms with Crippen molar-refractivity contribution >= 4 is 22.6 Å². The summed E-state index contributed by atoms with van der Waals surface area (Å²) in [5.41, 5.74) is 7.13. The summed E-state index contributed by atoms with van der Waals surface area (Å²) in [5, 5.41) is 1.09. The Balaban J connectivity index is 0.000000131. The highest BCUT2D eigenvalue weighted by molar-refractivity contribution is 6.11. The fraction of sp³-hybridized carbons (Fsp3) is 0.486. The number of nitrogens with zero attached hydrogens (tertiary/aromatic N) is 5. The summed E-state index contributed by atoms with van der Waals surface area (Å²) in [7, 11) is 2.06. The average Bonchev–Trinajstić information content (AvgIpc) is 3.60. The molecule has 228 valence electrons. The highest BCUT2D eigenvalue weighted by Gasteiger charge is 2.43. The summed E-state index contributed by atoms with van der Waals surface area (Å²) in [6.45, 7) is 7.28. The first-order valence-electron chi connectivity index (χ1n) is 16.7. The van der Waals surface area contributed by atoms with Crippen molar-refractivity contribution in [1.82, 2.24) is 23.9 Å². The van der Waals surface area contributed by atoms with Crippen LogP contribution in [0.1, 0.15) is 81.4 Å². The molecule has 3 fully saturated rings. The molecule has 6 heterocycles. The van der Waals surface area contributed by atoms with Crippen LogP contribution >= 0.6 is 0 Å². The molecule has 4 aliphatic heterocycles. The number of fused-ring (bicyclic) bond motifs is 6. The van der Waals surface area contributed by atoms with Gasteiger partial charge in [0.05, 0.1) is 0 Å². The Morgan fingerprint density at radius 2 is 1.77 bits per heavy atom. The normalized spacial score (nSPS) is 27.1. The molecule has 6 aliphatic rings. The minimum atomic E-state index is 0.0474. The lowest BCUT2D eigenvalue weighted by Gasteiger charge is -2.51. The van der Waals surface area contributed by atoms with Crippen molar-refractivity contribution in [2.75, 3.05) is 26.2 Å². The lowest BCUT2D eigenvalue weighted by Crippen LogP contribution is -2.60. The van der Waals surface area contributed by atoms with Gasteiger partial charge in [0, 0.05) is 84.7 Å². The van der Waals surface area contributed by atoms with Gasteiger partial charge in [-0.2, -0.15) is 0 Å². The number of benzene rings is 2. The Bertz CT molecular complexity index is 1740. The predicted molar refractivity (Wildman–Crippen MR) is 172 cm³/mol. The van der Waals surface area contributed by atoms with Crippen molar-refractivity contribution in [1.29, 1.82) is 0 Å². The minimum absolute atomic E-state index is 0.0474. The second kappa shape index (κ2) is 11.0. The number of piperidine rings is 3. The number of ketones is 1. The third kappa shape index (κ3) is 4.54. The van der Waals surface area contributed by atoms with E-state index in [-0.39, 0.29) is 11.7 Å². The SMILES string of the molecule is Cc1nccn1CC1CCc2c(c3ccccc3n2C)C1=O.O=C1c2cccc3c2[C@H](CCC3)CN1[C@@H]1CN2CCC1CC2. The first-order valence-corrected chi connectivity index (χ1v) is 16.7. The Kier molecular flexibility index (Phi) is 6.97. The Hall–Kier alpha value is -3.71. The van der Waals surface area contributed by atoms with E-state index in [1.165, 1.54) is 55.6 Å². The van der Waals surface area contributed by atoms with Gasteiger partial charge in [-0.05, 0) is 94.1 Å². The maximum atomic E-state index is 13.1. The molecule has 2 aliphatic carbocycles. The fourth-order valence-corrected chi connectivity index (χ4v) is 9.08. The van der Waals surface area contributed by atoms with Crippen LogP contribution in [0.25, 0.3) is 10.9 Å². The lowest BCUT2D eigenvalue weighted by atomic mass is 9.75. The second-order valence-corrected chi connectivity index (χ2v) is 13.8. The summed E-state index contributed by atoms with van der Waals surface area (Å²) in [5.74, 6) is 2.94. The van der Waals surface area contributed by atoms with Crippen LogP contribution in [0.15, 0.2) is 54.9 Å². The van der Waals surface area contributed by atoms with E-state index in [0.717, 1.165) is 72.7 Å². The van der Waals surface area contributed by atoms with Gasteiger partial charge in [0.25, 0.3) is 5.91 Å². The number of para-hydroxylation sites is 1. The summed E-state index contributed by atoms with van der Waals surface area (Å²) in [6.07, 6.45) is 11.9. The highest BCUT2D eigenvalue weighted by atomic mass is 16.2. The number of aromatic nitrogens is 3. The largest absolute Gasteiger partial charge is 0.347 e. The molecule has 0 saturated carbocycles. The Labute approximate surface area is 259 Å². The van der Waals surface area contributed by atoms with Gasteiger partial charge >= 0.3 is 0 Å². The standard InChI is InChI=1S/C19H24N2O.C18H19N3O/c22-19-16-6-2-4-14-3-1-5-15(18(14)16)11-21(19)17-12-20-9-7-13(17)8-10-20;1-12-19-9-10-21(12)11-13-7-8-16-17(18(13)22)14-5-3-4-6-15(14)20(16)2/h2,4,6,13,15,17H,1,3,5,7-12H2;3-6,9-10,13H,7-8,11H2,1-2H3/t15-,17-;/m1./s1. The molecule has 0 spiro atoms.